The van der Waals surface area contributed by atoms with Gasteiger partial charge in [0.25, 0.3) is 11.8 Å². The van der Waals surface area contributed by atoms with E-state index in [1.54, 1.807) is 13.8 Å². The van der Waals surface area contributed by atoms with Crippen LogP contribution in [0.3, 0.4) is 0 Å². The summed E-state index contributed by atoms with van der Waals surface area (Å²) < 4.78 is 13.1. The highest BCUT2D eigenvalue weighted by Crippen LogP contribution is 2.36. The maximum Gasteiger partial charge on any atom is 0.265 e. The van der Waals surface area contributed by atoms with Crippen LogP contribution in [-0.2, 0) is 9.59 Å². The van der Waals surface area contributed by atoms with E-state index in [0.29, 0.717) is 15.1 Å². The minimum absolute atomic E-state index is 0.225. The molecule has 3 rings (SSSR count). The molecule has 0 aromatic heterocycles. The Bertz CT molecular complexity index is 1320. The van der Waals surface area contributed by atoms with Crippen molar-refractivity contribution in [1.29, 1.82) is 0 Å². The average Bonchev–Trinajstić information content (AvgIpc) is 2.94. The lowest BCUT2D eigenvalue weighted by Crippen LogP contribution is -2.32. The molecule has 44 heavy (non-hydrogen) atoms. The first-order chi connectivity index (χ1) is 20.6. The van der Waals surface area contributed by atoms with Crippen LogP contribution < -0.4 is 20.1 Å². The van der Waals surface area contributed by atoms with Crippen LogP contribution in [0.5, 0.6) is 11.5 Å². The Balaban J connectivity index is 1.80. The van der Waals surface area contributed by atoms with Gasteiger partial charge >= 0.3 is 0 Å². The topological polar surface area (TPSA) is 76.7 Å². The quantitative estimate of drug-likeness (QED) is 0.183. The normalized spacial score (nSPS) is 12.9. The van der Waals surface area contributed by atoms with E-state index in [4.69, 9.17) is 9.47 Å². The second kappa shape index (κ2) is 15.3. The molecule has 0 aliphatic heterocycles. The molecule has 1 unspecified atom stereocenters. The van der Waals surface area contributed by atoms with E-state index in [9.17, 15) is 9.59 Å². The van der Waals surface area contributed by atoms with Crippen molar-refractivity contribution in [3.8, 4) is 11.5 Å². The molecule has 6 nitrogen and oxygen atoms in total. The Morgan fingerprint density at radius 2 is 0.886 bits per heavy atom. The van der Waals surface area contributed by atoms with E-state index >= 15 is 0 Å². The number of hydrogen-bond acceptors (Lipinski definition) is 4. The molecule has 0 heterocycles. The fraction of sp³-hybridized carbons (Fsp3) is 0.459. The van der Waals surface area contributed by atoms with Gasteiger partial charge < -0.3 is 20.1 Å². The minimum atomic E-state index is -0.763. The van der Waals surface area contributed by atoms with Gasteiger partial charge in [0.1, 0.15) is 11.5 Å². The van der Waals surface area contributed by atoms with Crippen LogP contribution in [0.1, 0.15) is 121 Å². The average molecular weight is 713 g/mol. The van der Waals surface area contributed by atoms with Crippen molar-refractivity contribution in [3.63, 3.8) is 0 Å². The van der Waals surface area contributed by atoms with Crippen molar-refractivity contribution in [2.75, 3.05) is 10.6 Å². The Morgan fingerprint density at radius 3 is 1.16 bits per heavy atom. The molecule has 238 valence electrons. The van der Waals surface area contributed by atoms with Crippen LogP contribution in [0, 0.1) is 10.5 Å². The molecule has 0 saturated heterocycles. The third-order valence-electron chi connectivity index (χ3n) is 7.74. The molecule has 7 heteroatoms. The largest absolute Gasteiger partial charge is 0.480 e. The summed E-state index contributed by atoms with van der Waals surface area (Å²) in [6.07, 6.45) is -1.53. The zero-order valence-corrected chi connectivity index (χ0v) is 30.3. The van der Waals surface area contributed by atoms with E-state index in [0.717, 1.165) is 39.2 Å². The van der Waals surface area contributed by atoms with Gasteiger partial charge in [-0.05, 0) is 107 Å². The maximum absolute atomic E-state index is 13.4. The Labute approximate surface area is 277 Å². The molecule has 0 aliphatic rings. The molecule has 3 aromatic rings. The van der Waals surface area contributed by atoms with Crippen molar-refractivity contribution in [1.82, 2.24) is 0 Å². The number of para-hydroxylation sites is 2. The molecular weight excluding hydrogens is 663 g/mol. The molecule has 0 fully saturated rings. The van der Waals surface area contributed by atoms with E-state index in [-0.39, 0.29) is 35.5 Å². The maximum atomic E-state index is 13.4. The lowest BCUT2D eigenvalue weighted by atomic mass is 9.92. The summed E-state index contributed by atoms with van der Waals surface area (Å²) in [5.74, 6) is 1.64. The van der Waals surface area contributed by atoms with E-state index < -0.39 is 12.2 Å². The monoisotopic (exact) mass is 712 g/mol. The van der Waals surface area contributed by atoms with Crippen LogP contribution in [0.4, 0.5) is 11.4 Å². The number of halogens is 1. The van der Waals surface area contributed by atoms with Crippen LogP contribution in [0.2, 0.25) is 0 Å². The van der Waals surface area contributed by atoms with Crippen molar-refractivity contribution in [2.24, 2.45) is 0 Å². The summed E-state index contributed by atoms with van der Waals surface area (Å²) in [5.41, 5.74) is 7.02. The molecule has 3 aromatic carbocycles. The third-order valence-corrected chi connectivity index (χ3v) is 8.80. The van der Waals surface area contributed by atoms with E-state index in [1.165, 1.54) is 0 Å². The molecule has 2 atom stereocenters. The van der Waals surface area contributed by atoms with Crippen molar-refractivity contribution < 1.29 is 19.1 Å². The van der Waals surface area contributed by atoms with Gasteiger partial charge in [0, 0.05) is 11.4 Å². The standard InChI is InChI=1S/C37H49IN2O4/c1-20(2)27-14-12-15-28(21(3)4)34(27)39-36(41)25(10)43-31-18-24(9)19-32(33(31)38)44-26(11)37(42)40-35-29(22(5)6)16-13-17-30(35)23(7)8/h12-23,25-26H,1-11H3,(H,39,41)(H,40,42)/t25-,26?/m1/s1. The molecule has 0 radical (unpaired) electrons. The fourth-order valence-electron chi connectivity index (χ4n) is 5.20. The first-order valence-corrected chi connectivity index (χ1v) is 16.7. The van der Waals surface area contributed by atoms with Crippen molar-refractivity contribution in [2.45, 2.75) is 112 Å². The highest BCUT2D eigenvalue weighted by Gasteiger charge is 2.25. The molecular formula is C37H49IN2O4. The first kappa shape index (κ1) is 35.4. The van der Waals surface area contributed by atoms with Gasteiger partial charge in [-0.15, -0.1) is 0 Å². The zero-order valence-electron chi connectivity index (χ0n) is 28.1. The van der Waals surface area contributed by atoms with Crippen LogP contribution in [0.25, 0.3) is 0 Å². The molecule has 2 N–H and O–H groups in total. The van der Waals surface area contributed by atoms with Gasteiger partial charge in [0.15, 0.2) is 12.2 Å². The number of carbonyl (C=O) groups excluding carboxylic acids is 2. The Kier molecular flexibility index (Phi) is 12.3. The predicted molar refractivity (Wildman–Crippen MR) is 191 cm³/mol. The second-order valence-electron chi connectivity index (χ2n) is 12.8. The minimum Gasteiger partial charge on any atom is -0.480 e. The molecule has 0 aliphatic carbocycles. The Morgan fingerprint density at radius 1 is 0.591 bits per heavy atom. The molecule has 0 spiro atoms. The number of carbonyl (C=O) groups is 2. The van der Waals surface area contributed by atoms with Crippen LogP contribution >= 0.6 is 22.6 Å². The number of nitrogens with one attached hydrogen (secondary N) is 2. The number of benzene rings is 3. The van der Waals surface area contributed by atoms with Crippen LogP contribution in [0.15, 0.2) is 48.5 Å². The van der Waals surface area contributed by atoms with Crippen LogP contribution in [-0.4, -0.2) is 24.0 Å². The summed E-state index contributed by atoms with van der Waals surface area (Å²) in [4.78, 5) is 26.8. The fourth-order valence-corrected chi connectivity index (χ4v) is 5.77. The van der Waals surface area contributed by atoms with Gasteiger partial charge in [-0.3, -0.25) is 9.59 Å². The molecule has 0 saturated carbocycles. The number of rotatable bonds is 12. The number of ether oxygens (including phenoxy) is 2. The van der Waals surface area contributed by atoms with Crippen molar-refractivity contribution in [3.05, 3.63) is 79.9 Å². The highest BCUT2D eigenvalue weighted by atomic mass is 127. The molecule has 0 bridgehead atoms. The number of amides is 2. The predicted octanol–water partition coefficient (Wildman–Crippen LogP) is 9.91. The summed E-state index contributed by atoms with van der Waals surface area (Å²) >= 11 is 2.16. The smallest absolute Gasteiger partial charge is 0.265 e. The van der Waals surface area contributed by atoms with E-state index in [2.05, 4.69) is 113 Å². The van der Waals surface area contributed by atoms with Gasteiger partial charge in [-0.2, -0.15) is 0 Å². The van der Waals surface area contributed by atoms with Gasteiger partial charge in [0.2, 0.25) is 0 Å². The Hall–Kier alpha value is -3.07. The van der Waals surface area contributed by atoms with E-state index in [1.807, 2.05) is 31.2 Å². The number of aryl methyl sites for hydroxylation is 1. The summed E-state index contributed by atoms with van der Waals surface area (Å²) in [7, 11) is 0. The summed E-state index contributed by atoms with van der Waals surface area (Å²) in [5, 5.41) is 6.31. The van der Waals surface area contributed by atoms with Crippen molar-refractivity contribution >= 4 is 45.8 Å². The number of anilines is 2. The first-order valence-electron chi connectivity index (χ1n) is 15.6. The lowest BCUT2D eigenvalue weighted by molar-refractivity contribution is -0.122. The SMILES string of the molecule is Cc1cc(OC(C)C(=O)Nc2c(C(C)C)cccc2C(C)C)c(I)c(O[C@H](C)C(=O)Nc2c(C(C)C)cccc2C(C)C)c1. The van der Waals surface area contributed by atoms with Gasteiger partial charge in [-0.25, -0.2) is 0 Å². The summed E-state index contributed by atoms with van der Waals surface area (Å²) in [6, 6.07) is 16.1. The summed E-state index contributed by atoms with van der Waals surface area (Å²) in [6.45, 7) is 22.4. The van der Waals surface area contributed by atoms with Gasteiger partial charge in [0.05, 0.1) is 3.57 Å². The lowest BCUT2D eigenvalue weighted by Gasteiger charge is -2.24. The molecule has 2 amide bonds. The number of hydrogen-bond donors (Lipinski definition) is 2. The zero-order chi connectivity index (χ0) is 32.9. The second-order valence-corrected chi connectivity index (χ2v) is 13.9. The van der Waals surface area contributed by atoms with Gasteiger partial charge in [-0.1, -0.05) is 91.8 Å². The highest BCUT2D eigenvalue weighted by molar-refractivity contribution is 14.1. The third kappa shape index (κ3) is 8.55.